The van der Waals surface area contributed by atoms with E-state index in [-0.39, 0.29) is 34.4 Å². The van der Waals surface area contributed by atoms with E-state index < -0.39 is 12.2 Å². The SMILES string of the molecule is C[C@]12C=CC(O)CC1=CC(=O)C1[C@H]2CC[C@]2(C)C(O)C=C[C@@H]12. The number of fused-ring (bicyclic) bond motifs is 5. The van der Waals surface area contributed by atoms with E-state index in [4.69, 9.17) is 0 Å². The smallest absolute Gasteiger partial charge is 0.159 e. The number of aliphatic hydroxyl groups is 2. The Morgan fingerprint density at radius 3 is 2.73 bits per heavy atom. The zero-order valence-corrected chi connectivity index (χ0v) is 13.2. The molecule has 4 aliphatic rings. The van der Waals surface area contributed by atoms with Gasteiger partial charge in [-0.05, 0) is 37.2 Å². The summed E-state index contributed by atoms with van der Waals surface area (Å²) in [6.45, 7) is 4.33. The lowest BCUT2D eigenvalue weighted by molar-refractivity contribution is -0.131. The fraction of sp³-hybridized carbons (Fsp3) is 0.632. The van der Waals surface area contributed by atoms with Crippen molar-refractivity contribution in [1.82, 2.24) is 0 Å². The van der Waals surface area contributed by atoms with Gasteiger partial charge in [0.25, 0.3) is 0 Å². The molecule has 3 heteroatoms. The van der Waals surface area contributed by atoms with Crippen molar-refractivity contribution in [3.05, 3.63) is 36.0 Å². The van der Waals surface area contributed by atoms with Crippen LogP contribution in [0.25, 0.3) is 0 Å². The maximum atomic E-state index is 12.8. The molecular formula is C19H24O3. The molecule has 2 N–H and O–H groups in total. The highest BCUT2D eigenvalue weighted by Crippen LogP contribution is 2.61. The van der Waals surface area contributed by atoms with Gasteiger partial charge in [0.2, 0.25) is 0 Å². The molecule has 0 aromatic carbocycles. The van der Waals surface area contributed by atoms with Gasteiger partial charge in [-0.25, -0.2) is 0 Å². The summed E-state index contributed by atoms with van der Waals surface area (Å²) in [5.41, 5.74) is 0.761. The third-order valence-corrected chi connectivity index (χ3v) is 6.95. The first kappa shape index (κ1) is 14.4. The molecule has 1 fully saturated rings. The maximum Gasteiger partial charge on any atom is 0.159 e. The first-order valence-corrected chi connectivity index (χ1v) is 8.35. The number of aliphatic hydroxyl groups excluding tert-OH is 2. The summed E-state index contributed by atoms with van der Waals surface area (Å²) >= 11 is 0. The Bertz CT molecular complexity index is 616. The second-order valence-corrected chi connectivity index (χ2v) is 8.02. The minimum absolute atomic E-state index is 0.0409. The van der Waals surface area contributed by atoms with E-state index in [0.29, 0.717) is 6.42 Å². The van der Waals surface area contributed by atoms with Crippen LogP contribution in [0.1, 0.15) is 33.1 Å². The Morgan fingerprint density at radius 1 is 1.18 bits per heavy atom. The van der Waals surface area contributed by atoms with Gasteiger partial charge in [0.1, 0.15) is 0 Å². The third kappa shape index (κ3) is 1.67. The van der Waals surface area contributed by atoms with Gasteiger partial charge in [0.05, 0.1) is 12.2 Å². The number of carbonyl (C=O) groups is 1. The zero-order chi connectivity index (χ0) is 15.7. The number of hydrogen-bond donors (Lipinski definition) is 2. The lowest BCUT2D eigenvalue weighted by Gasteiger charge is -2.55. The van der Waals surface area contributed by atoms with Gasteiger partial charge in [0.15, 0.2) is 5.78 Å². The molecule has 0 amide bonds. The van der Waals surface area contributed by atoms with Crippen molar-refractivity contribution in [1.29, 1.82) is 0 Å². The Labute approximate surface area is 131 Å². The van der Waals surface area contributed by atoms with Crippen LogP contribution in [0.2, 0.25) is 0 Å². The highest BCUT2D eigenvalue weighted by molar-refractivity contribution is 5.95. The number of hydrogen-bond acceptors (Lipinski definition) is 3. The molecule has 22 heavy (non-hydrogen) atoms. The Kier molecular flexibility index (Phi) is 2.90. The van der Waals surface area contributed by atoms with E-state index >= 15 is 0 Å². The second-order valence-electron chi connectivity index (χ2n) is 8.02. The Morgan fingerprint density at radius 2 is 1.95 bits per heavy atom. The molecule has 3 nitrogen and oxygen atoms in total. The number of ketones is 1. The zero-order valence-electron chi connectivity index (χ0n) is 13.2. The summed E-state index contributed by atoms with van der Waals surface area (Å²) in [5, 5.41) is 20.2. The van der Waals surface area contributed by atoms with Crippen LogP contribution in [0.4, 0.5) is 0 Å². The number of carbonyl (C=O) groups excluding carboxylic acids is 1. The molecule has 4 rings (SSSR count). The van der Waals surface area contributed by atoms with Gasteiger partial charge in [-0.3, -0.25) is 4.79 Å². The maximum absolute atomic E-state index is 12.8. The Hall–Kier alpha value is -1.19. The molecular weight excluding hydrogens is 276 g/mol. The molecule has 0 bridgehead atoms. The molecule has 0 heterocycles. The van der Waals surface area contributed by atoms with Crippen molar-refractivity contribution in [2.75, 3.05) is 0 Å². The van der Waals surface area contributed by atoms with Gasteiger partial charge in [-0.2, -0.15) is 0 Å². The summed E-state index contributed by atoms with van der Waals surface area (Å²) in [5.74, 6) is 0.552. The van der Waals surface area contributed by atoms with Gasteiger partial charge < -0.3 is 10.2 Å². The molecule has 4 aliphatic carbocycles. The van der Waals surface area contributed by atoms with E-state index in [1.54, 1.807) is 6.08 Å². The van der Waals surface area contributed by atoms with Crippen molar-refractivity contribution in [3.8, 4) is 0 Å². The standard InChI is InChI=1S/C19H24O3/c1-18-7-5-12(20)9-11(18)10-15(21)17-13-3-4-16(22)19(13,2)8-6-14(17)18/h3-5,7,10,12-14,16-17,20,22H,6,8-9H2,1-2H3/t12?,13-,14+,16?,17?,18-,19-/m0/s1. The van der Waals surface area contributed by atoms with Crippen LogP contribution in [0.15, 0.2) is 36.0 Å². The quantitative estimate of drug-likeness (QED) is 0.675. The molecule has 0 saturated heterocycles. The van der Waals surface area contributed by atoms with Crippen LogP contribution in [0.5, 0.6) is 0 Å². The Balaban J connectivity index is 1.79. The van der Waals surface area contributed by atoms with Crippen LogP contribution < -0.4 is 0 Å². The van der Waals surface area contributed by atoms with Crippen LogP contribution >= 0.6 is 0 Å². The molecule has 0 spiro atoms. The molecule has 7 atom stereocenters. The van der Waals surface area contributed by atoms with E-state index in [9.17, 15) is 15.0 Å². The highest BCUT2D eigenvalue weighted by atomic mass is 16.3. The van der Waals surface area contributed by atoms with Crippen molar-refractivity contribution in [2.45, 2.75) is 45.3 Å². The molecule has 0 aliphatic heterocycles. The number of allylic oxidation sites excluding steroid dienone is 3. The van der Waals surface area contributed by atoms with Gasteiger partial charge in [-0.15, -0.1) is 0 Å². The third-order valence-electron chi connectivity index (χ3n) is 6.95. The highest BCUT2D eigenvalue weighted by Gasteiger charge is 2.58. The van der Waals surface area contributed by atoms with Crippen LogP contribution in [0, 0.1) is 28.6 Å². The summed E-state index contributed by atoms with van der Waals surface area (Å²) in [6.07, 6.45) is 11.3. The lowest BCUT2D eigenvalue weighted by Crippen LogP contribution is -2.53. The van der Waals surface area contributed by atoms with Crippen molar-refractivity contribution in [3.63, 3.8) is 0 Å². The fourth-order valence-corrected chi connectivity index (χ4v) is 5.43. The first-order chi connectivity index (χ1) is 10.4. The van der Waals surface area contributed by atoms with Crippen molar-refractivity contribution in [2.24, 2.45) is 28.6 Å². The van der Waals surface area contributed by atoms with Crippen molar-refractivity contribution < 1.29 is 15.0 Å². The van der Waals surface area contributed by atoms with Gasteiger partial charge in [-0.1, -0.05) is 43.7 Å². The molecule has 0 radical (unpaired) electrons. The summed E-state index contributed by atoms with van der Waals surface area (Å²) in [6, 6.07) is 0. The first-order valence-electron chi connectivity index (χ1n) is 8.35. The fourth-order valence-electron chi connectivity index (χ4n) is 5.43. The van der Waals surface area contributed by atoms with E-state index in [2.05, 4.69) is 26.0 Å². The predicted molar refractivity (Wildman–Crippen MR) is 83.9 cm³/mol. The topological polar surface area (TPSA) is 57.5 Å². The van der Waals surface area contributed by atoms with E-state index in [1.807, 2.05) is 12.2 Å². The van der Waals surface area contributed by atoms with E-state index in [0.717, 1.165) is 18.4 Å². The normalized spacial score (nSPS) is 52.8. The monoisotopic (exact) mass is 300 g/mol. The van der Waals surface area contributed by atoms with E-state index in [1.165, 1.54) is 0 Å². The predicted octanol–water partition coefficient (Wildman–Crippen LogP) is 2.40. The second kappa shape index (κ2) is 4.42. The molecule has 1 saturated carbocycles. The summed E-state index contributed by atoms with van der Waals surface area (Å²) < 4.78 is 0. The molecule has 118 valence electrons. The average Bonchev–Trinajstić information content (AvgIpc) is 2.77. The van der Waals surface area contributed by atoms with Crippen LogP contribution in [-0.4, -0.2) is 28.2 Å². The minimum atomic E-state index is -0.467. The lowest BCUT2D eigenvalue weighted by atomic mass is 9.48. The van der Waals surface area contributed by atoms with Crippen LogP contribution in [-0.2, 0) is 4.79 Å². The summed E-state index contributed by atoms with van der Waals surface area (Å²) in [7, 11) is 0. The largest absolute Gasteiger partial charge is 0.389 e. The van der Waals surface area contributed by atoms with Crippen molar-refractivity contribution >= 4 is 5.78 Å². The van der Waals surface area contributed by atoms with Gasteiger partial charge in [0, 0.05) is 16.7 Å². The van der Waals surface area contributed by atoms with Crippen LogP contribution in [0.3, 0.4) is 0 Å². The average molecular weight is 300 g/mol. The van der Waals surface area contributed by atoms with Gasteiger partial charge >= 0.3 is 0 Å². The molecule has 0 aromatic rings. The summed E-state index contributed by atoms with van der Waals surface area (Å²) in [4.78, 5) is 12.8. The number of rotatable bonds is 0. The molecule has 3 unspecified atom stereocenters. The molecule has 0 aromatic heterocycles. The minimum Gasteiger partial charge on any atom is -0.389 e.